The molecule has 0 radical (unpaired) electrons. The number of nitrogens with zero attached hydrogens (tertiary/aromatic N) is 1. The van der Waals surface area contributed by atoms with Crippen molar-refractivity contribution >= 4 is 12.2 Å². The second-order valence-electron chi connectivity index (χ2n) is 5.91. The Labute approximate surface area is 104 Å². The fourth-order valence-electron chi connectivity index (χ4n) is 1.27. The molecule has 0 saturated carbocycles. The number of ether oxygens (including phenoxy) is 2. The van der Waals surface area contributed by atoms with Crippen molar-refractivity contribution in [3.8, 4) is 0 Å². The molecule has 0 unspecified atom stereocenters. The van der Waals surface area contributed by atoms with E-state index < -0.39 is 5.60 Å². The summed E-state index contributed by atoms with van der Waals surface area (Å²) in [7, 11) is 1.68. The molecule has 0 aliphatic carbocycles. The van der Waals surface area contributed by atoms with Crippen molar-refractivity contribution in [2.45, 2.75) is 46.6 Å². The Morgan fingerprint density at radius 3 is 2.29 bits per heavy atom. The maximum Gasteiger partial charge on any atom is 0.328 e. The quantitative estimate of drug-likeness (QED) is 0.532. The molecule has 100 valence electrons. The van der Waals surface area contributed by atoms with E-state index in [-0.39, 0.29) is 17.9 Å². The third-order valence-corrected chi connectivity index (χ3v) is 1.95. The molecule has 0 amide bonds. The van der Waals surface area contributed by atoms with Gasteiger partial charge in [0.1, 0.15) is 12.1 Å². The summed E-state index contributed by atoms with van der Waals surface area (Å²) in [6.07, 6.45) is 2.55. The van der Waals surface area contributed by atoms with E-state index in [0.29, 0.717) is 6.61 Å². The zero-order chi connectivity index (χ0) is 13.5. The maximum absolute atomic E-state index is 11.3. The summed E-state index contributed by atoms with van der Waals surface area (Å²) in [6, 6.07) is 0. The minimum atomic E-state index is -0.443. The molecule has 0 aliphatic heterocycles. The number of hydrogen-bond donors (Lipinski definition) is 0. The second kappa shape index (κ2) is 6.74. The Kier molecular flexibility index (Phi) is 6.39. The second-order valence-corrected chi connectivity index (χ2v) is 5.91. The summed E-state index contributed by atoms with van der Waals surface area (Å²) in [6.45, 7) is 10.5. The zero-order valence-corrected chi connectivity index (χ0v) is 11.9. The zero-order valence-electron chi connectivity index (χ0n) is 11.9. The Morgan fingerprint density at radius 2 is 1.82 bits per heavy atom. The average molecular weight is 243 g/mol. The third-order valence-electron chi connectivity index (χ3n) is 1.95. The average Bonchev–Trinajstić information content (AvgIpc) is 2.09. The predicted molar refractivity (Wildman–Crippen MR) is 69.5 cm³/mol. The molecule has 0 rings (SSSR count). The van der Waals surface area contributed by atoms with Gasteiger partial charge in [-0.3, -0.25) is 9.79 Å². The highest BCUT2D eigenvalue weighted by Gasteiger charge is 2.17. The van der Waals surface area contributed by atoms with Crippen LogP contribution in [0.3, 0.4) is 0 Å². The molecule has 0 saturated heterocycles. The van der Waals surface area contributed by atoms with Crippen molar-refractivity contribution in [1.29, 1.82) is 0 Å². The molecular formula is C13H25NO3. The van der Waals surface area contributed by atoms with Crippen molar-refractivity contribution in [2.75, 3.05) is 20.3 Å². The van der Waals surface area contributed by atoms with Crippen LogP contribution in [0.1, 0.15) is 41.0 Å². The fraction of sp³-hybridized carbons (Fsp3) is 0.846. The number of aliphatic imine (C=N–C) groups is 1. The molecule has 4 nitrogen and oxygen atoms in total. The van der Waals surface area contributed by atoms with Crippen LogP contribution in [0.15, 0.2) is 4.99 Å². The monoisotopic (exact) mass is 243 g/mol. The molecular weight excluding hydrogens is 218 g/mol. The third kappa shape index (κ3) is 10.00. The number of methoxy groups -OCH3 is 1. The van der Waals surface area contributed by atoms with E-state index >= 15 is 0 Å². The minimum Gasteiger partial charge on any atom is -0.459 e. The van der Waals surface area contributed by atoms with Gasteiger partial charge in [-0.05, 0) is 32.6 Å². The smallest absolute Gasteiger partial charge is 0.328 e. The fourth-order valence-corrected chi connectivity index (χ4v) is 1.27. The van der Waals surface area contributed by atoms with Crippen LogP contribution in [-0.2, 0) is 14.3 Å². The van der Waals surface area contributed by atoms with E-state index in [2.05, 4.69) is 18.8 Å². The van der Waals surface area contributed by atoms with Crippen LogP contribution in [0.25, 0.3) is 0 Å². The van der Waals surface area contributed by atoms with Crippen LogP contribution in [0, 0.1) is 5.41 Å². The van der Waals surface area contributed by atoms with Gasteiger partial charge in [0, 0.05) is 13.3 Å². The van der Waals surface area contributed by atoms with Crippen LogP contribution < -0.4 is 0 Å². The normalized spacial score (nSPS) is 13.1. The van der Waals surface area contributed by atoms with E-state index in [1.54, 1.807) is 13.3 Å². The van der Waals surface area contributed by atoms with Gasteiger partial charge in [0.05, 0.1) is 6.61 Å². The van der Waals surface area contributed by atoms with Gasteiger partial charge < -0.3 is 9.47 Å². The minimum absolute atomic E-state index is 0.0478. The van der Waals surface area contributed by atoms with Gasteiger partial charge >= 0.3 is 5.97 Å². The lowest BCUT2D eigenvalue weighted by Gasteiger charge is -2.21. The van der Waals surface area contributed by atoms with Crippen molar-refractivity contribution in [1.82, 2.24) is 0 Å². The van der Waals surface area contributed by atoms with Gasteiger partial charge in [-0.15, -0.1) is 0 Å². The highest BCUT2D eigenvalue weighted by molar-refractivity contribution is 5.74. The standard InChI is InChI=1S/C13H25NO3/c1-12(2,3)17-11(15)9-14-8-7-13(4,5)10-16-6/h8H,7,9-10H2,1-6H3/b14-8+. The summed E-state index contributed by atoms with van der Waals surface area (Å²) in [5.41, 5.74) is -0.395. The van der Waals surface area contributed by atoms with Gasteiger partial charge in [0.15, 0.2) is 0 Å². The molecule has 0 fully saturated rings. The Hall–Kier alpha value is -0.900. The summed E-state index contributed by atoms with van der Waals surface area (Å²) in [5.74, 6) is -0.293. The van der Waals surface area contributed by atoms with E-state index in [0.717, 1.165) is 6.42 Å². The molecule has 0 heterocycles. The predicted octanol–water partition coefficient (Wildman–Crippen LogP) is 2.46. The highest BCUT2D eigenvalue weighted by atomic mass is 16.6. The SMILES string of the molecule is COCC(C)(C)C/C=N/CC(=O)OC(C)(C)C. The summed E-state index contributed by atoms with van der Waals surface area (Å²) < 4.78 is 10.2. The van der Waals surface area contributed by atoms with Crippen LogP contribution >= 0.6 is 0 Å². The lowest BCUT2D eigenvalue weighted by molar-refractivity contribution is -0.152. The molecule has 17 heavy (non-hydrogen) atoms. The summed E-state index contributed by atoms with van der Waals surface area (Å²) in [5, 5.41) is 0. The lowest BCUT2D eigenvalue weighted by Crippen LogP contribution is -2.25. The molecule has 0 spiro atoms. The summed E-state index contributed by atoms with van der Waals surface area (Å²) >= 11 is 0. The van der Waals surface area contributed by atoms with Crippen molar-refractivity contribution in [3.63, 3.8) is 0 Å². The van der Waals surface area contributed by atoms with E-state index in [1.165, 1.54) is 0 Å². The van der Waals surface area contributed by atoms with Crippen LogP contribution in [0.4, 0.5) is 0 Å². The van der Waals surface area contributed by atoms with Gasteiger partial charge in [0.2, 0.25) is 0 Å². The molecule has 0 atom stereocenters. The van der Waals surface area contributed by atoms with Crippen LogP contribution in [0.2, 0.25) is 0 Å². The van der Waals surface area contributed by atoms with Crippen molar-refractivity contribution < 1.29 is 14.3 Å². The molecule has 0 aromatic rings. The Morgan fingerprint density at radius 1 is 1.24 bits per heavy atom. The topological polar surface area (TPSA) is 47.9 Å². The Bertz CT molecular complexity index is 264. The number of esters is 1. The van der Waals surface area contributed by atoms with E-state index in [4.69, 9.17) is 9.47 Å². The first-order chi connectivity index (χ1) is 7.66. The molecule has 0 aromatic carbocycles. The van der Waals surface area contributed by atoms with Gasteiger partial charge in [-0.2, -0.15) is 0 Å². The molecule has 0 N–H and O–H groups in total. The van der Waals surface area contributed by atoms with Gasteiger partial charge in [0.25, 0.3) is 0 Å². The molecule has 0 aromatic heterocycles. The summed E-state index contributed by atoms with van der Waals surface area (Å²) in [4.78, 5) is 15.4. The van der Waals surface area contributed by atoms with Gasteiger partial charge in [-0.25, -0.2) is 0 Å². The first-order valence-corrected chi connectivity index (χ1v) is 5.85. The number of carbonyl (C=O) groups excluding carboxylic acids is 1. The van der Waals surface area contributed by atoms with E-state index in [9.17, 15) is 4.79 Å². The van der Waals surface area contributed by atoms with E-state index in [1.807, 2.05) is 20.8 Å². The number of hydrogen-bond acceptors (Lipinski definition) is 4. The van der Waals surface area contributed by atoms with Crippen molar-refractivity contribution in [2.24, 2.45) is 10.4 Å². The first kappa shape index (κ1) is 16.1. The Balaban J connectivity index is 3.92. The maximum atomic E-state index is 11.3. The molecule has 0 bridgehead atoms. The van der Waals surface area contributed by atoms with Crippen molar-refractivity contribution in [3.05, 3.63) is 0 Å². The number of rotatable bonds is 6. The largest absolute Gasteiger partial charge is 0.459 e. The highest BCUT2D eigenvalue weighted by Crippen LogP contribution is 2.18. The lowest BCUT2D eigenvalue weighted by atomic mass is 9.91. The molecule has 4 heteroatoms. The first-order valence-electron chi connectivity index (χ1n) is 5.85. The van der Waals surface area contributed by atoms with Crippen LogP contribution in [0.5, 0.6) is 0 Å². The van der Waals surface area contributed by atoms with Crippen LogP contribution in [-0.4, -0.2) is 38.0 Å². The molecule has 0 aliphatic rings. The number of carbonyl (C=O) groups is 1. The van der Waals surface area contributed by atoms with Gasteiger partial charge in [-0.1, -0.05) is 13.8 Å².